The summed E-state index contributed by atoms with van der Waals surface area (Å²) in [6.07, 6.45) is 0. The van der Waals surface area contributed by atoms with Crippen molar-refractivity contribution in [1.82, 2.24) is 10.2 Å². The summed E-state index contributed by atoms with van der Waals surface area (Å²) in [6.45, 7) is 7.59. The van der Waals surface area contributed by atoms with E-state index in [2.05, 4.69) is 22.1 Å². The van der Waals surface area contributed by atoms with Gasteiger partial charge in [-0.1, -0.05) is 6.92 Å². The summed E-state index contributed by atoms with van der Waals surface area (Å²) in [6, 6.07) is 0. The van der Waals surface area contributed by atoms with Gasteiger partial charge in [-0.3, -0.25) is 9.79 Å². The molecule has 1 fully saturated rings. The van der Waals surface area contributed by atoms with Crippen LogP contribution < -0.4 is 5.32 Å². The molecule has 0 radical (unpaired) electrons. The zero-order valence-electron chi connectivity index (χ0n) is 12.7. The first-order valence-corrected chi connectivity index (χ1v) is 6.75. The Morgan fingerprint density at radius 1 is 1.45 bits per heavy atom. The van der Waals surface area contributed by atoms with Crippen molar-refractivity contribution in [2.45, 2.75) is 13.8 Å². The van der Waals surface area contributed by atoms with Crippen molar-refractivity contribution >= 4 is 35.9 Å². The van der Waals surface area contributed by atoms with E-state index >= 15 is 0 Å². The van der Waals surface area contributed by atoms with Gasteiger partial charge >= 0.3 is 5.97 Å². The number of carbonyl (C=O) groups is 1. The summed E-state index contributed by atoms with van der Waals surface area (Å²) >= 11 is 0. The Labute approximate surface area is 138 Å². The molecule has 1 saturated heterocycles. The first kappa shape index (κ1) is 19.4. The first-order chi connectivity index (χ1) is 9.13. The number of aliphatic imine (C=N–C) groups is 1. The molecule has 7 heteroatoms. The van der Waals surface area contributed by atoms with E-state index in [4.69, 9.17) is 9.47 Å². The van der Waals surface area contributed by atoms with Crippen molar-refractivity contribution in [3.05, 3.63) is 0 Å². The number of nitrogens with zero attached hydrogens (tertiary/aromatic N) is 2. The normalized spacial score (nSPS) is 22.4. The van der Waals surface area contributed by atoms with Gasteiger partial charge in [0, 0.05) is 33.3 Å². The molecule has 2 unspecified atom stereocenters. The minimum Gasteiger partial charge on any atom is -0.469 e. The van der Waals surface area contributed by atoms with Gasteiger partial charge in [-0.15, -0.1) is 24.0 Å². The predicted octanol–water partition coefficient (Wildman–Crippen LogP) is 0.957. The van der Waals surface area contributed by atoms with Gasteiger partial charge in [0.1, 0.15) is 0 Å². The summed E-state index contributed by atoms with van der Waals surface area (Å²) in [5, 5.41) is 3.24. The largest absolute Gasteiger partial charge is 0.469 e. The van der Waals surface area contributed by atoms with Gasteiger partial charge in [0.05, 0.1) is 19.6 Å². The molecule has 1 aliphatic heterocycles. The van der Waals surface area contributed by atoms with E-state index in [0.29, 0.717) is 26.3 Å². The Kier molecular flexibility index (Phi) is 9.91. The summed E-state index contributed by atoms with van der Waals surface area (Å²) < 4.78 is 10.1. The summed E-state index contributed by atoms with van der Waals surface area (Å²) in [5.74, 6) is 0.881. The zero-order valence-corrected chi connectivity index (χ0v) is 15.0. The number of rotatable bonds is 5. The Hall–Kier alpha value is -0.570. The lowest BCUT2D eigenvalue weighted by Gasteiger charge is -2.21. The van der Waals surface area contributed by atoms with Gasteiger partial charge in [-0.2, -0.15) is 0 Å². The highest BCUT2D eigenvalue weighted by molar-refractivity contribution is 14.0. The maximum absolute atomic E-state index is 11.7. The molecule has 1 heterocycles. The molecular weight excluding hydrogens is 373 g/mol. The third-order valence-corrected chi connectivity index (χ3v) is 3.36. The third kappa shape index (κ3) is 5.43. The fraction of sp³-hybridized carbons (Fsp3) is 0.846. The minimum atomic E-state index is -0.139. The second kappa shape index (κ2) is 10.2. The van der Waals surface area contributed by atoms with Crippen LogP contribution in [0.1, 0.15) is 13.8 Å². The molecule has 0 aromatic heterocycles. The van der Waals surface area contributed by atoms with Crippen LogP contribution in [0, 0.1) is 11.8 Å². The van der Waals surface area contributed by atoms with E-state index in [-0.39, 0.29) is 41.8 Å². The van der Waals surface area contributed by atoms with Gasteiger partial charge in [0.25, 0.3) is 0 Å². The van der Waals surface area contributed by atoms with Gasteiger partial charge in [0.15, 0.2) is 5.96 Å². The Bertz CT molecular complexity index is 326. The molecule has 1 rings (SSSR count). The van der Waals surface area contributed by atoms with E-state index in [9.17, 15) is 4.79 Å². The Morgan fingerprint density at radius 3 is 2.70 bits per heavy atom. The third-order valence-electron chi connectivity index (χ3n) is 3.36. The van der Waals surface area contributed by atoms with Gasteiger partial charge in [-0.25, -0.2) is 0 Å². The molecule has 0 bridgehead atoms. The lowest BCUT2D eigenvalue weighted by Crippen LogP contribution is -2.41. The number of carbonyl (C=O) groups excluding carboxylic acids is 1. The van der Waals surface area contributed by atoms with Crippen molar-refractivity contribution < 1.29 is 14.3 Å². The molecule has 2 atom stereocenters. The van der Waals surface area contributed by atoms with Crippen molar-refractivity contribution in [2.24, 2.45) is 16.8 Å². The standard InChI is InChI=1S/C13H25N3O3.HI/c1-5-19-7-6-15-13(14-3)16-8-10(2)11(9-16)12(17)18-4;/h10-11H,5-9H2,1-4H3,(H,14,15);1H. The fourth-order valence-corrected chi connectivity index (χ4v) is 2.31. The number of guanidine groups is 1. The van der Waals surface area contributed by atoms with Gasteiger partial charge < -0.3 is 19.7 Å². The SMILES string of the molecule is CCOCCNC(=NC)N1CC(C)C(C(=O)OC)C1.I. The number of nitrogens with one attached hydrogen (secondary N) is 1. The van der Waals surface area contributed by atoms with Gasteiger partial charge in [0.2, 0.25) is 0 Å². The highest BCUT2D eigenvalue weighted by Crippen LogP contribution is 2.23. The Morgan fingerprint density at radius 2 is 2.15 bits per heavy atom. The van der Waals surface area contributed by atoms with E-state index in [1.807, 2.05) is 6.92 Å². The lowest BCUT2D eigenvalue weighted by atomic mass is 9.99. The zero-order chi connectivity index (χ0) is 14.3. The van der Waals surface area contributed by atoms with Crippen LogP contribution in [0.25, 0.3) is 0 Å². The van der Waals surface area contributed by atoms with Crippen molar-refractivity contribution in [3.8, 4) is 0 Å². The Balaban J connectivity index is 0.00000361. The van der Waals surface area contributed by atoms with Crippen LogP contribution in [0.5, 0.6) is 0 Å². The molecule has 20 heavy (non-hydrogen) atoms. The van der Waals surface area contributed by atoms with Crippen LogP contribution in [0.3, 0.4) is 0 Å². The van der Waals surface area contributed by atoms with Crippen molar-refractivity contribution in [2.75, 3.05) is 47.0 Å². The number of esters is 1. The molecule has 0 aromatic rings. The molecule has 1 N–H and O–H groups in total. The van der Waals surface area contributed by atoms with Crippen LogP contribution in [0.15, 0.2) is 4.99 Å². The first-order valence-electron chi connectivity index (χ1n) is 6.75. The molecular formula is C13H26IN3O3. The highest BCUT2D eigenvalue weighted by Gasteiger charge is 2.36. The summed E-state index contributed by atoms with van der Waals surface area (Å²) in [5.41, 5.74) is 0. The number of halogens is 1. The average Bonchev–Trinajstić information content (AvgIpc) is 2.80. The predicted molar refractivity (Wildman–Crippen MR) is 89.5 cm³/mol. The summed E-state index contributed by atoms with van der Waals surface area (Å²) in [7, 11) is 3.19. The molecule has 0 spiro atoms. The van der Waals surface area contributed by atoms with E-state index < -0.39 is 0 Å². The van der Waals surface area contributed by atoms with E-state index in [1.165, 1.54) is 7.11 Å². The number of methoxy groups -OCH3 is 1. The molecule has 1 aliphatic rings. The second-order valence-corrected chi connectivity index (χ2v) is 4.68. The molecule has 118 valence electrons. The molecule has 6 nitrogen and oxygen atoms in total. The highest BCUT2D eigenvalue weighted by atomic mass is 127. The fourth-order valence-electron chi connectivity index (χ4n) is 2.31. The lowest BCUT2D eigenvalue weighted by molar-refractivity contribution is -0.145. The quantitative estimate of drug-likeness (QED) is 0.245. The van der Waals surface area contributed by atoms with Crippen LogP contribution >= 0.6 is 24.0 Å². The van der Waals surface area contributed by atoms with Crippen LogP contribution in [-0.4, -0.2) is 63.8 Å². The van der Waals surface area contributed by atoms with Crippen LogP contribution in [0.2, 0.25) is 0 Å². The van der Waals surface area contributed by atoms with Gasteiger partial charge in [-0.05, 0) is 12.8 Å². The van der Waals surface area contributed by atoms with Crippen molar-refractivity contribution in [3.63, 3.8) is 0 Å². The topological polar surface area (TPSA) is 63.2 Å². The number of hydrogen-bond acceptors (Lipinski definition) is 4. The number of likely N-dealkylation sites (tertiary alicyclic amines) is 1. The van der Waals surface area contributed by atoms with E-state index in [0.717, 1.165) is 12.5 Å². The summed E-state index contributed by atoms with van der Waals surface area (Å²) in [4.78, 5) is 18.0. The molecule has 0 aliphatic carbocycles. The molecule has 0 amide bonds. The smallest absolute Gasteiger partial charge is 0.310 e. The number of ether oxygens (including phenoxy) is 2. The molecule has 0 aromatic carbocycles. The monoisotopic (exact) mass is 399 g/mol. The van der Waals surface area contributed by atoms with Crippen LogP contribution in [-0.2, 0) is 14.3 Å². The average molecular weight is 399 g/mol. The van der Waals surface area contributed by atoms with Crippen molar-refractivity contribution in [1.29, 1.82) is 0 Å². The molecule has 0 saturated carbocycles. The maximum Gasteiger partial charge on any atom is 0.310 e. The maximum atomic E-state index is 11.7. The number of hydrogen-bond donors (Lipinski definition) is 1. The minimum absolute atomic E-state index is 0. The van der Waals surface area contributed by atoms with Crippen LogP contribution in [0.4, 0.5) is 0 Å². The second-order valence-electron chi connectivity index (χ2n) is 4.68. The van der Waals surface area contributed by atoms with E-state index in [1.54, 1.807) is 7.05 Å².